The maximum atomic E-state index is 13.0. The minimum Gasteiger partial charge on any atom is -0.493 e. The Kier molecular flexibility index (Phi) is 6.85. The molecular weight excluding hydrogens is 358 g/mol. The van der Waals surface area contributed by atoms with Gasteiger partial charge in [-0.2, -0.15) is 4.31 Å². The Hall–Kier alpha value is -1.84. The van der Waals surface area contributed by atoms with Crippen molar-refractivity contribution in [2.24, 2.45) is 0 Å². The number of hydrogen-bond donors (Lipinski definition) is 1. The maximum Gasteiger partial charge on any atom is 0.243 e. The van der Waals surface area contributed by atoms with Crippen molar-refractivity contribution in [3.8, 4) is 11.5 Å². The highest BCUT2D eigenvalue weighted by Crippen LogP contribution is 2.33. The predicted octanol–water partition coefficient (Wildman–Crippen LogP) is 0.535. The van der Waals surface area contributed by atoms with Crippen molar-refractivity contribution >= 4 is 15.9 Å². The normalized spacial score (nSPS) is 18.1. The number of rotatable bonds is 8. The Morgan fingerprint density at radius 2 is 1.96 bits per heavy atom. The highest BCUT2D eigenvalue weighted by Gasteiger charge is 2.39. The number of sulfonamides is 1. The first-order valence-corrected chi connectivity index (χ1v) is 9.91. The van der Waals surface area contributed by atoms with Gasteiger partial charge in [0.05, 0.1) is 19.1 Å². The molecule has 1 heterocycles. The van der Waals surface area contributed by atoms with Gasteiger partial charge < -0.3 is 19.7 Å². The molecule has 0 aromatic heterocycles. The van der Waals surface area contributed by atoms with E-state index in [0.717, 1.165) is 0 Å². The van der Waals surface area contributed by atoms with Crippen molar-refractivity contribution in [3.63, 3.8) is 0 Å². The summed E-state index contributed by atoms with van der Waals surface area (Å²) in [4.78, 5) is 14.5. The van der Waals surface area contributed by atoms with Gasteiger partial charge in [0, 0.05) is 25.7 Å². The molecule has 2 rings (SSSR count). The van der Waals surface area contributed by atoms with Crippen molar-refractivity contribution in [1.29, 1.82) is 0 Å². The molecular formula is C17H27N3O5S. The summed E-state index contributed by atoms with van der Waals surface area (Å²) in [6.45, 7) is 1.50. The van der Waals surface area contributed by atoms with Crippen molar-refractivity contribution < 1.29 is 22.7 Å². The fourth-order valence-electron chi connectivity index (χ4n) is 2.92. The maximum absolute atomic E-state index is 13.0. The zero-order valence-corrected chi connectivity index (χ0v) is 16.5. The van der Waals surface area contributed by atoms with Crippen LogP contribution in [0.25, 0.3) is 0 Å². The van der Waals surface area contributed by atoms with E-state index >= 15 is 0 Å². The van der Waals surface area contributed by atoms with Gasteiger partial charge in [-0.05, 0) is 39.1 Å². The Morgan fingerprint density at radius 1 is 1.27 bits per heavy atom. The zero-order valence-electron chi connectivity index (χ0n) is 15.7. The number of carbonyl (C=O) groups is 1. The molecule has 26 heavy (non-hydrogen) atoms. The van der Waals surface area contributed by atoms with E-state index < -0.39 is 16.1 Å². The minimum absolute atomic E-state index is 0.0862. The summed E-state index contributed by atoms with van der Waals surface area (Å²) in [5.41, 5.74) is 0. The Morgan fingerprint density at radius 3 is 2.58 bits per heavy atom. The number of nitrogens with zero attached hydrogens (tertiary/aromatic N) is 2. The van der Waals surface area contributed by atoms with E-state index in [1.54, 1.807) is 6.07 Å². The Bertz CT molecular complexity index is 736. The molecule has 0 bridgehead atoms. The number of nitrogens with one attached hydrogen (secondary N) is 1. The summed E-state index contributed by atoms with van der Waals surface area (Å²) in [7, 11) is 2.96. The first-order chi connectivity index (χ1) is 12.3. The van der Waals surface area contributed by atoms with E-state index in [9.17, 15) is 13.2 Å². The smallest absolute Gasteiger partial charge is 0.243 e. The quantitative estimate of drug-likeness (QED) is 0.703. The average Bonchev–Trinajstić information content (AvgIpc) is 3.11. The van der Waals surface area contributed by atoms with Gasteiger partial charge in [-0.15, -0.1) is 0 Å². The first kappa shape index (κ1) is 20.5. The molecule has 1 atom stereocenters. The molecule has 0 aliphatic carbocycles. The van der Waals surface area contributed by atoms with Crippen molar-refractivity contribution in [2.75, 3.05) is 47.9 Å². The Labute approximate surface area is 155 Å². The summed E-state index contributed by atoms with van der Waals surface area (Å²) in [6, 6.07) is 3.76. The van der Waals surface area contributed by atoms with Gasteiger partial charge in [0.1, 0.15) is 6.04 Å². The van der Waals surface area contributed by atoms with Gasteiger partial charge in [-0.1, -0.05) is 0 Å². The number of likely N-dealkylation sites (N-methyl/N-ethyl adjacent to an activating group) is 1. The lowest BCUT2D eigenvalue weighted by atomic mass is 10.2. The number of carbonyl (C=O) groups excluding carboxylic acids is 1. The van der Waals surface area contributed by atoms with Crippen molar-refractivity contribution in [3.05, 3.63) is 18.2 Å². The van der Waals surface area contributed by atoms with Crippen molar-refractivity contribution in [2.45, 2.75) is 23.8 Å². The third-order valence-corrected chi connectivity index (χ3v) is 6.23. The van der Waals surface area contributed by atoms with Crippen LogP contribution in [0.5, 0.6) is 11.5 Å². The second-order valence-corrected chi connectivity index (χ2v) is 8.28. The van der Waals surface area contributed by atoms with E-state index in [1.165, 1.54) is 30.7 Å². The lowest BCUT2D eigenvalue weighted by Gasteiger charge is -2.24. The summed E-state index contributed by atoms with van der Waals surface area (Å²) in [5.74, 6) is 0.527. The van der Waals surface area contributed by atoms with Crippen LogP contribution in [0, 0.1) is 0 Å². The van der Waals surface area contributed by atoms with Gasteiger partial charge >= 0.3 is 0 Å². The minimum atomic E-state index is -3.81. The van der Waals surface area contributed by atoms with Crippen LogP contribution in [0.2, 0.25) is 0 Å². The molecule has 8 nitrogen and oxygen atoms in total. The Balaban J connectivity index is 2.20. The van der Waals surface area contributed by atoms with Crippen LogP contribution in [0.15, 0.2) is 23.1 Å². The van der Waals surface area contributed by atoms with Gasteiger partial charge in [0.2, 0.25) is 15.9 Å². The van der Waals surface area contributed by atoms with Gasteiger partial charge in [-0.3, -0.25) is 4.79 Å². The predicted molar refractivity (Wildman–Crippen MR) is 98.0 cm³/mol. The molecule has 1 aromatic rings. The average molecular weight is 385 g/mol. The van der Waals surface area contributed by atoms with E-state index in [2.05, 4.69) is 5.32 Å². The second-order valence-electron chi connectivity index (χ2n) is 6.38. The van der Waals surface area contributed by atoms with Crippen LogP contribution in [0.3, 0.4) is 0 Å². The van der Waals surface area contributed by atoms with Gasteiger partial charge in [0.25, 0.3) is 0 Å². The number of hydrogen-bond acceptors (Lipinski definition) is 6. The largest absolute Gasteiger partial charge is 0.493 e. The number of amides is 1. The van der Waals surface area contributed by atoms with Crippen molar-refractivity contribution in [1.82, 2.24) is 14.5 Å². The van der Waals surface area contributed by atoms with Crippen LogP contribution in [0.4, 0.5) is 0 Å². The molecule has 1 saturated heterocycles. The van der Waals surface area contributed by atoms with Gasteiger partial charge in [0.15, 0.2) is 11.5 Å². The number of benzene rings is 1. The van der Waals surface area contributed by atoms with E-state index in [1.807, 2.05) is 19.0 Å². The summed E-state index contributed by atoms with van der Waals surface area (Å²) < 4.78 is 37.7. The molecule has 1 unspecified atom stereocenters. The number of methoxy groups -OCH3 is 2. The molecule has 1 amide bonds. The fraction of sp³-hybridized carbons (Fsp3) is 0.588. The highest BCUT2D eigenvalue weighted by molar-refractivity contribution is 7.89. The highest BCUT2D eigenvalue weighted by atomic mass is 32.2. The molecule has 0 spiro atoms. The molecule has 1 fully saturated rings. The van der Waals surface area contributed by atoms with Crippen LogP contribution < -0.4 is 14.8 Å². The SMILES string of the molecule is COc1ccc(S(=O)(=O)N2CCCC2C(=O)NCCN(C)C)cc1OC. The van der Waals surface area contributed by atoms with Crippen LogP contribution in [-0.4, -0.2) is 77.5 Å². The second kappa shape index (κ2) is 8.70. The van der Waals surface area contributed by atoms with Crippen LogP contribution in [0.1, 0.15) is 12.8 Å². The topological polar surface area (TPSA) is 88.2 Å². The van der Waals surface area contributed by atoms with Crippen LogP contribution in [-0.2, 0) is 14.8 Å². The zero-order chi connectivity index (χ0) is 19.3. The summed E-state index contributed by atoms with van der Waals surface area (Å²) >= 11 is 0. The van der Waals surface area contributed by atoms with E-state index in [4.69, 9.17) is 9.47 Å². The van der Waals surface area contributed by atoms with Gasteiger partial charge in [-0.25, -0.2) is 8.42 Å². The third-order valence-electron chi connectivity index (χ3n) is 4.33. The van der Waals surface area contributed by atoms with E-state index in [-0.39, 0.29) is 10.8 Å². The molecule has 1 N–H and O–H groups in total. The lowest BCUT2D eigenvalue weighted by Crippen LogP contribution is -2.47. The third kappa shape index (κ3) is 4.46. The molecule has 1 aliphatic rings. The monoisotopic (exact) mass is 385 g/mol. The molecule has 146 valence electrons. The first-order valence-electron chi connectivity index (χ1n) is 8.47. The molecule has 0 radical (unpaired) electrons. The van der Waals surface area contributed by atoms with E-state index in [0.29, 0.717) is 44.0 Å². The standard InChI is InChI=1S/C17H27N3O5S/c1-19(2)11-9-18-17(21)14-6-5-10-20(14)26(22,23)13-7-8-15(24-3)16(12-13)25-4/h7-8,12,14H,5-6,9-11H2,1-4H3,(H,18,21). The fourth-order valence-corrected chi connectivity index (χ4v) is 4.60. The van der Waals surface area contributed by atoms with Crippen LogP contribution >= 0.6 is 0 Å². The molecule has 9 heteroatoms. The molecule has 0 saturated carbocycles. The molecule has 1 aliphatic heterocycles. The molecule has 1 aromatic carbocycles. The summed E-state index contributed by atoms with van der Waals surface area (Å²) in [6.07, 6.45) is 1.17. The lowest BCUT2D eigenvalue weighted by molar-refractivity contribution is -0.124. The number of ether oxygens (including phenoxy) is 2. The summed E-state index contributed by atoms with van der Waals surface area (Å²) in [5, 5.41) is 2.82.